The van der Waals surface area contributed by atoms with E-state index >= 15 is 0 Å². The lowest BCUT2D eigenvalue weighted by Crippen LogP contribution is -2.11. The molecule has 1 aromatic heterocycles. The van der Waals surface area contributed by atoms with Crippen molar-refractivity contribution in [3.63, 3.8) is 0 Å². The fraction of sp³-hybridized carbons (Fsp3) is 0. The molecule has 0 aliphatic carbocycles. The number of halogens is 1. The van der Waals surface area contributed by atoms with E-state index in [0.29, 0.717) is 5.59 Å². The second kappa shape index (κ2) is 1.94. The molecule has 0 N–H and O–H groups in total. The maximum atomic E-state index is 12.3. The van der Waals surface area contributed by atoms with Crippen molar-refractivity contribution in [2.24, 2.45) is 0 Å². The third-order valence-electron chi connectivity index (χ3n) is 0.942. The number of aromatic nitrogens is 1. The van der Waals surface area contributed by atoms with Crippen LogP contribution in [0.15, 0.2) is 18.3 Å². The van der Waals surface area contributed by atoms with Crippen molar-refractivity contribution in [1.29, 1.82) is 0 Å². The molecule has 40 valence electrons. The van der Waals surface area contributed by atoms with Crippen molar-refractivity contribution in [1.82, 2.24) is 4.98 Å². The molecule has 8 heavy (non-hydrogen) atoms. The quantitative estimate of drug-likeness (QED) is 0.408. The molecule has 0 radical (unpaired) electrons. The van der Waals surface area contributed by atoms with E-state index in [1.807, 2.05) is 0 Å². The molecule has 0 spiro atoms. The highest BCUT2D eigenvalue weighted by Crippen LogP contribution is 1.84. The van der Waals surface area contributed by atoms with Gasteiger partial charge in [-0.25, -0.2) is 4.39 Å². The summed E-state index contributed by atoms with van der Waals surface area (Å²) in [5, 5.41) is 0. The highest BCUT2D eigenvalue weighted by Gasteiger charge is 1.90. The molecule has 0 aromatic carbocycles. The number of pyridine rings is 1. The van der Waals surface area contributed by atoms with Crippen molar-refractivity contribution in [2.75, 3.05) is 0 Å². The lowest BCUT2D eigenvalue weighted by Gasteiger charge is -1.88. The van der Waals surface area contributed by atoms with E-state index in [2.05, 4.69) is 4.98 Å². The van der Waals surface area contributed by atoms with E-state index in [9.17, 15) is 4.39 Å². The Morgan fingerprint density at radius 2 is 2.38 bits per heavy atom. The van der Waals surface area contributed by atoms with Gasteiger partial charge in [0.15, 0.2) is 7.85 Å². The lowest BCUT2D eigenvalue weighted by molar-refractivity contribution is 0.631. The van der Waals surface area contributed by atoms with Crippen LogP contribution in [0, 0.1) is 5.82 Å². The highest BCUT2D eigenvalue weighted by atomic mass is 19.1. The summed E-state index contributed by atoms with van der Waals surface area (Å²) in [4.78, 5) is 3.70. The van der Waals surface area contributed by atoms with Crippen LogP contribution < -0.4 is 5.59 Å². The minimum Gasteiger partial charge on any atom is -0.269 e. The van der Waals surface area contributed by atoms with Crippen LogP contribution in [0.25, 0.3) is 0 Å². The van der Waals surface area contributed by atoms with Gasteiger partial charge in [0, 0.05) is 11.8 Å². The molecule has 3 heteroatoms. The van der Waals surface area contributed by atoms with Crippen molar-refractivity contribution in [2.45, 2.75) is 0 Å². The van der Waals surface area contributed by atoms with E-state index in [-0.39, 0.29) is 5.82 Å². The highest BCUT2D eigenvalue weighted by molar-refractivity contribution is 6.30. The molecule has 1 nitrogen and oxygen atoms in total. The van der Waals surface area contributed by atoms with Gasteiger partial charge >= 0.3 is 0 Å². The predicted molar refractivity (Wildman–Crippen MR) is 32.4 cm³/mol. The van der Waals surface area contributed by atoms with E-state index in [0.717, 1.165) is 0 Å². The van der Waals surface area contributed by atoms with Crippen LogP contribution >= 0.6 is 0 Å². The van der Waals surface area contributed by atoms with Crippen LogP contribution in [-0.2, 0) is 0 Å². The Balaban J connectivity index is 3.13. The van der Waals surface area contributed by atoms with Crippen molar-refractivity contribution >= 4 is 13.4 Å². The molecule has 1 rings (SSSR count). The molecule has 0 saturated carbocycles. The largest absolute Gasteiger partial charge is 0.269 e. The Morgan fingerprint density at radius 3 is 2.75 bits per heavy atom. The second-order valence-electron chi connectivity index (χ2n) is 1.57. The first-order chi connectivity index (χ1) is 3.80. The second-order valence-corrected chi connectivity index (χ2v) is 1.57. The molecular weight excluding hydrogens is 104 g/mol. The van der Waals surface area contributed by atoms with Crippen molar-refractivity contribution in [3.8, 4) is 0 Å². The van der Waals surface area contributed by atoms with Gasteiger partial charge in [-0.2, -0.15) is 0 Å². The predicted octanol–water partition coefficient (Wildman–Crippen LogP) is -0.521. The van der Waals surface area contributed by atoms with Gasteiger partial charge in [-0.15, -0.1) is 0 Å². The smallest absolute Gasteiger partial charge is 0.167 e. The van der Waals surface area contributed by atoms with E-state index in [1.165, 1.54) is 6.07 Å². The summed E-state index contributed by atoms with van der Waals surface area (Å²) >= 11 is 0. The van der Waals surface area contributed by atoms with E-state index < -0.39 is 0 Å². The van der Waals surface area contributed by atoms with Gasteiger partial charge < -0.3 is 0 Å². The molecule has 0 atom stereocenters. The maximum absolute atomic E-state index is 12.3. The van der Waals surface area contributed by atoms with Gasteiger partial charge in [0.05, 0.1) is 0 Å². The van der Waals surface area contributed by atoms with E-state index in [4.69, 9.17) is 0 Å². The van der Waals surface area contributed by atoms with Gasteiger partial charge in [-0.3, -0.25) is 4.98 Å². The summed E-state index contributed by atoms with van der Waals surface area (Å²) in [7, 11) is 1.63. The summed E-state index contributed by atoms with van der Waals surface area (Å²) in [6, 6.07) is 2.96. The molecule has 0 aliphatic heterocycles. The van der Waals surface area contributed by atoms with Gasteiger partial charge in [-0.1, -0.05) is 0 Å². The molecule has 0 unspecified atom stereocenters. The first-order valence-corrected chi connectivity index (χ1v) is 2.38. The van der Waals surface area contributed by atoms with Gasteiger partial charge in [-0.05, 0) is 12.1 Å². The fourth-order valence-corrected chi connectivity index (χ4v) is 0.465. The maximum Gasteiger partial charge on any atom is 0.167 e. The summed E-state index contributed by atoms with van der Waals surface area (Å²) in [6.07, 6.45) is 1.57. The van der Waals surface area contributed by atoms with Crippen LogP contribution in [0.2, 0.25) is 0 Å². The Labute approximate surface area is 48.0 Å². The van der Waals surface area contributed by atoms with Crippen LogP contribution in [0.3, 0.4) is 0 Å². The standard InChI is InChI=1S/C5H5BFN/c6-5-4(7)2-1-3-8-5/h1-3H,6H2. The van der Waals surface area contributed by atoms with Crippen molar-refractivity contribution in [3.05, 3.63) is 24.1 Å². The molecule has 0 aliphatic rings. The third-order valence-corrected chi connectivity index (χ3v) is 0.942. The molecule has 0 fully saturated rings. The zero-order valence-electron chi connectivity index (χ0n) is 4.56. The molecule has 1 heterocycles. The van der Waals surface area contributed by atoms with Crippen molar-refractivity contribution < 1.29 is 4.39 Å². The van der Waals surface area contributed by atoms with Crippen LogP contribution in [-0.4, -0.2) is 12.8 Å². The Kier molecular flexibility index (Phi) is 1.28. The van der Waals surface area contributed by atoms with Gasteiger partial charge in [0.1, 0.15) is 5.82 Å². The zero-order valence-corrected chi connectivity index (χ0v) is 4.56. The number of hydrogen-bond donors (Lipinski definition) is 0. The summed E-state index contributed by atoms with van der Waals surface area (Å²) in [5.74, 6) is -0.243. The van der Waals surface area contributed by atoms with Crippen LogP contribution in [0.1, 0.15) is 0 Å². The zero-order chi connectivity index (χ0) is 5.98. The van der Waals surface area contributed by atoms with Gasteiger partial charge in [0.2, 0.25) is 0 Å². The minimum absolute atomic E-state index is 0.243. The molecular formula is C5H5BFN. The normalized spacial score (nSPS) is 9.12. The first kappa shape index (κ1) is 5.28. The van der Waals surface area contributed by atoms with E-state index in [1.54, 1.807) is 20.1 Å². The SMILES string of the molecule is Bc1ncccc1F. The number of nitrogens with zero attached hydrogens (tertiary/aromatic N) is 1. The monoisotopic (exact) mass is 109 g/mol. The molecule has 1 aromatic rings. The topological polar surface area (TPSA) is 12.9 Å². The Bertz CT molecular complexity index is 169. The first-order valence-electron chi connectivity index (χ1n) is 2.38. The summed E-state index contributed by atoms with van der Waals surface area (Å²) in [5.41, 5.74) is 0.451. The lowest BCUT2D eigenvalue weighted by atomic mass is 10.0. The fourth-order valence-electron chi connectivity index (χ4n) is 0.465. The Morgan fingerprint density at radius 1 is 1.62 bits per heavy atom. The van der Waals surface area contributed by atoms with Gasteiger partial charge in [0.25, 0.3) is 0 Å². The Hall–Kier alpha value is -0.855. The molecule has 0 bridgehead atoms. The minimum atomic E-state index is -0.243. The summed E-state index contributed by atoms with van der Waals surface area (Å²) in [6.45, 7) is 0. The third kappa shape index (κ3) is 0.859. The number of rotatable bonds is 0. The number of hydrogen-bond acceptors (Lipinski definition) is 1. The molecule has 0 saturated heterocycles. The average molecular weight is 109 g/mol. The summed E-state index contributed by atoms with van der Waals surface area (Å²) < 4.78 is 12.3. The van der Waals surface area contributed by atoms with Crippen LogP contribution in [0.4, 0.5) is 4.39 Å². The van der Waals surface area contributed by atoms with Crippen LogP contribution in [0.5, 0.6) is 0 Å². The molecule has 0 amide bonds. The average Bonchev–Trinajstić information content (AvgIpc) is 1.77.